The lowest BCUT2D eigenvalue weighted by atomic mass is 10.1. The first kappa shape index (κ1) is 21.1. The monoisotopic (exact) mass is 365 g/mol. The third kappa shape index (κ3) is 9.82. The quantitative estimate of drug-likeness (QED) is 0.273. The van der Waals surface area contributed by atoms with Gasteiger partial charge in [0.05, 0.1) is 10.7 Å². The summed E-state index contributed by atoms with van der Waals surface area (Å²) in [5.41, 5.74) is 2.08. The SMILES string of the molecule is CCc1nc(CCCCC(=O)OC(C)C/C(C)=C/C=C\C(=O)O)cs1. The van der Waals surface area contributed by atoms with Crippen LogP contribution in [0.5, 0.6) is 0 Å². The Morgan fingerprint density at radius 2 is 2.16 bits per heavy atom. The minimum absolute atomic E-state index is 0.186. The molecule has 0 bridgehead atoms. The smallest absolute Gasteiger partial charge is 0.328 e. The van der Waals surface area contributed by atoms with E-state index in [1.54, 1.807) is 17.4 Å². The third-order valence-electron chi connectivity index (χ3n) is 3.53. The summed E-state index contributed by atoms with van der Waals surface area (Å²) in [7, 11) is 0. The molecule has 0 aliphatic carbocycles. The number of ether oxygens (including phenoxy) is 1. The van der Waals surface area contributed by atoms with Crippen LogP contribution in [-0.4, -0.2) is 28.1 Å². The molecule has 6 heteroatoms. The molecule has 1 aromatic rings. The normalized spacial score (nSPS) is 13.2. The number of esters is 1. The van der Waals surface area contributed by atoms with Gasteiger partial charge in [-0.2, -0.15) is 0 Å². The summed E-state index contributed by atoms with van der Waals surface area (Å²) in [6.45, 7) is 5.83. The van der Waals surface area contributed by atoms with E-state index in [0.717, 1.165) is 48.0 Å². The average molecular weight is 365 g/mol. The number of rotatable bonds is 11. The third-order valence-corrected chi connectivity index (χ3v) is 4.57. The number of hydrogen-bond donors (Lipinski definition) is 1. The molecular formula is C19H27NO4S. The van der Waals surface area contributed by atoms with Gasteiger partial charge in [-0.05, 0) is 39.5 Å². The van der Waals surface area contributed by atoms with E-state index in [1.165, 1.54) is 6.08 Å². The van der Waals surface area contributed by atoms with Gasteiger partial charge in [-0.3, -0.25) is 4.79 Å². The van der Waals surface area contributed by atoms with E-state index in [-0.39, 0.29) is 12.1 Å². The van der Waals surface area contributed by atoms with Crippen molar-refractivity contribution in [2.24, 2.45) is 0 Å². The zero-order valence-corrected chi connectivity index (χ0v) is 16.0. The lowest BCUT2D eigenvalue weighted by molar-refractivity contribution is -0.148. The van der Waals surface area contributed by atoms with Crippen molar-refractivity contribution in [3.05, 3.63) is 39.9 Å². The molecule has 1 heterocycles. The second kappa shape index (κ2) is 11.6. The molecular weight excluding hydrogens is 338 g/mol. The number of aliphatic carboxylic acids is 1. The van der Waals surface area contributed by atoms with E-state index < -0.39 is 5.97 Å². The lowest BCUT2D eigenvalue weighted by Gasteiger charge is -2.13. The lowest BCUT2D eigenvalue weighted by Crippen LogP contribution is -2.15. The zero-order valence-electron chi connectivity index (χ0n) is 15.2. The minimum atomic E-state index is -0.980. The van der Waals surface area contributed by atoms with Crippen LogP contribution in [0.3, 0.4) is 0 Å². The number of carboxylic acid groups (broad SMARTS) is 1. The van der Waals surface area contributed by atoms with Crippen molar-refractivity contribution in [3.8, 4) is 0 Å². The van der Waals surface area contributed by atoms with E-state index in [2.05, 4.69) is 17.3 Å². The Balaban J connectivity index is 2.21. The molecule has 1 rings (SSSR count). The minimum Gasteiger partial charge on any atom is -0.478 e. The average Bonchev–Trinajstić information content (AvgIpc) is 2.99. The molecule has 5 nitrogen and oxygen atoms in total. The molecule has 0 saturated heterocycles. The molecule has 0 radical (unpaired) electrons. The summed E-state index contributed by atoms with van der Waals surface area (Å²) in [6.07, 6.45) is 8.65. The van der Waals surface area contributed by atoms with Crippen LogP contribution in [-0.2, 0) is 27.2 Å². The molecule has 1 aromatic heterocycles. The fourth-order valence-electron chi connectivity index (χ4n) is 2.34. The Morgan fingerprint density at radius 1 is 1.40 bits per heavy atom. The zero-order chi connectivity index (χ0) is 18.7. The van der Waals surface area contributed by atoms with Crippen LogP contribution in [0.25, 0.3) is 0 Å². The van der Waals surface area contributed by atoms with E-state index in [9.17, 15) is 9.59 Å². The summed E-state index contributed by atoms with van der Waals surface area (Å²) >= 11 is 1.69. The molecule has 0 fully saturated rings. The second-order valence-electron chi connectivity index (χ2n) is 6.01. The Morgan fingerprint density at radius 3 is 2.80 bits per heavy atom. The van der Waals surface area contributed by atoms with Crippen molar-refractivity contribution >= 4 is 23.3 Å². The molecule has 138 valence electrons. The van der Waals surface area contributed by atoms with Crippen LogP contribution >= 0.6 is 11.3 Å². The van der Waals surface area contributed by atoms with Crippen LogP contribution in [0.4, 0.5) is 0 Å². The number of carboxylic acids is 1. The maximum absolute atomic E-state index is 11.9. The van der Waals surface area contributed by atoms with Gasteiger partial charge in [-0.25, -0.2) is 9.78 Å². The molecule has 1 atom stereocenters. The van der Waals surface area contributed by atoms with Gasteiger partial charge in [0, 0.05) is 24.3 Å². The van der Waals surface area contributed by atoms with Gasteiger partial charge in [-0.1, -0.05) is 24.6 Å². The number of nitrogens with zero attached hydrogens (tertiary/aromatic N) is 1. The summed E-state index contributed by atoms with van der Waals surface area (Å²) in [6, 6.07) is 0. The number of aromatic nitrogens is 1. The fourth-order valence-corrected chi connectivity index (χ4v) is 3.12. The van der Waals surface area contributed by atoms with E-state index in [4.69, 9.17) is 9.84 Å². The molecule has 25 heavy (non-hydrogen) atoms. The molecule has 0 spiro atoms. The summed E-state index contributed by atoms with van der Waals surface area (Å²) in [5, 5.41) is 11.8. The molecule has 0 aromatic carbocycles. The number of hydrogen-bond acceptors (Lipinski definition) is 5. The summed E-state index contributed by atoms with van der Waals surface area (Å²) in [4.78, 5) is 26.8. The Bertz CT molecular complexity index is 619. The highest BCUT2D eigenvalue weighted by atomic mass is 32.1. The number of allylic oxidation sites excluding steroid dienone is 2. The molecule has 1 unspecified atom stereocenters. The van der Waals surface area contributed by atoms with Crippen LogP contribution in [0.15, 0.2) is 29.2 Å². The van der Waals surface area contributed by atoms with Crippen molar-refractivity contribution in [3.63, 3.8) is 0 Å². The van der Waals surface area contributed by atoms with Crippen molar-refractivity contribution in [2.75, 3.05) is 0 Å². The first-order chi connectivity index (χ1) is 11.9. The fraction of sp³-hybridized carbons (Fsp3) is 0.526. The Labute approximate surface area is 153 Å². The molecule has 0 aliphatic heterocycles. The first-order valence-corrected chi connectivity index (χ1v) is 9.48. The standard InChI is InChI=1S/C19H27NO4S/c1-4-17-20-16(13-25-17)9-5-6-11-19(23)24-15(3)12-14(2)8-7-10-18(21)22/h7-8,10,13,15H,4-6,9,11-12H2,1-3H3,(H,21,22)/b10-7-,14-8+. The van der Waals surface area contributed by atoms with Gasteiger partial charge < -0.3 is 9.84 Å². The van der Waals surface area contributed by atoms with Crippen LogP contribution in [0.1, 0.15) is 57.2 Å². The van der Waals surface area contributed by atoms with E-state index in [0.29, 0.717) is 12.8 Å². The highest BCUT2D eigenvalue weighted by molar-refractivity contribution is 7.09. The largest absolute Gasteiger partial charge is 0.478 e. The van der Waals surface area contributed by atoms with Crippen molar-refractivity contribution in [2.45, 2.75) is 65.4 Å². The second-order valence-corrected chi connectivity index (χ2v) is 6.95. The van der Waals surface area contributed by atoms with Crippen LogP contribution in [0, 0.1) is 0 Å². The van der Waals surface area contributed by atoms with Crippen LogP contribution in [0.2, 0.25) is 0 Å². The van der Waals surface area contributed by atoms with Crippen molar-refractivity contribution < 1.29 is 19.4 Å². The Kier molecular flexibility index (Phi) is 9.77. The number of thiazole rings is 1. The molecule has 0 saturated carbocycles. The molecule has 1 N–H and O–H groups in total. The van der Waals surface area contributed by atoms with Crippen LogP contribution < -0.4 is 0 Å². The Hall–Kier alpha value is -1.95. The van der Waals surface area contributed by atoms with E-state index >= 15 is 0 Å². The number of unbranched alkanes of at least 4 members (excludes halogenated alkanes) is 1. The predicted molar refractivity (Wildman–Crippen MR) is 99.8 cm³/mol. The summed E-state index contributed by atoms with van der Waals surface area (Å²) in [5.74, 6) is -1.17. The number of carbonyl (C=O) groups is 2. The predicted octanol–water partition coefficient (Wildman–Crippen LogP) is 4.33. The van der Waals surface area contributed by atoms with Gasteiger partial charge in [0.1, 0.15) is 6.10 Å². The topological polar surface area (TPSA) is 76.5 Å². The van der Waals surface area contributed by atoms with Crippen molar-refractivity contribution in [1.82, 2.24) is 4.98 Å². The first-order valence-electron chi connectivity index (χ1n) is 8.60. The van der Waals surface area contributed by atoms with E-state index in [1.807, 2.05) is 13.8 Å². The van der Waals surface area contributed by atoms with Gasteiger partial charge in [-0.15, -0.1) is 11.3 Å². The number of carbonyl (C=O) groups excluding carboxylic acids is 1. The highest BCUT2D eigenvalue weighted by Crippen LogP contribution is 2.14. The maximum atomic E-state index is 11.9. The van der Waals surface area contributed by atoms with Gasteiger partial charge in [0.15, 0.2) is 0 Å². The van der Waals surface area contributed by atoms with Crippen molar-refractivity contribution in [1.29, 1.82) is 0 Å². The molecule has 0 amide bonds. The molecule has 0 aliphatic rings. The van der Waals surface area contributed by atoms with Gasteiger partial charge >= 0.3 is 11.9 Å². The van der Waals surface area contributed by atoms with Gasteiger partial charge in [0.2, 0.25) is 0 Å². The number of aryl methyl sites for hydroxylation is 2. The maximum Gasteiger partial charge on any atom is 0.328 e. The summed E-state index contributed by atoms with van der Waals surface area (Å²) < 4.78 is 5.39. The highest BCUT2D eigenvalue weighted by Gasteiger charge is 2.10. The van der Waals surface area contributed by atoms with Gasteiger partial charge in [0.25, 0.3) is 0 Å².